The number of nitrogens with one attached hydrogen (secondary N) is 1. The minimum absolute atomic E-state index is 0.0774. The van der Waals surface area contributed by atoms with E-state index in [9.17, 15) is 18.0 Å². The molecule has 1 aromatic carbocycles. The molecular formula is C25H29N3O5S. The minimum atomic E-state index is -3.96. The Morgan fingerprint density at radius 3 is 2.50 bits per heavy atom. The highest BCUT2D eigenvalue weighted by Crippen LogP contribution is 2.35. The van der Waals surface area contributed by atoms with Gasteiger partial charge in [-0.2, -0.15) is 0 Å². The van der Waals surface area contributed by atoms with E-state index in [0.717, 1.165) is 29.8 Å². The molecule has 0 unspecified atom stereocenters. The number of aryl methyl sites for hydroxylation is 2. The Balaban J connectivity index is 1.83. The molecule has 34 heavy (non-hydrogen) atoms. The van der Waals surface area contributed by atoms with E-state index in [1.807, 2.05) is 24.7 Å². The number of rotatable bonds is 8. The van der Waals surface area contributed by atoms with Crippen LogP contribution in [0, 0.1) is 0 Å². The van der Waals surface area contributed by atoms with Gasteiger partial charge < -0.3 is 19.2 Å². The van der Waals surface area contributed by atoms with E-state index >= 15 is 0 Å². The molecule has 1 aliphatic carbocycles. The van der Waals surface area contributed by atoms with Crippen molar-refractivity contribution in [3.8, 4) is 11.4 Å². The van der Waals surface area contributed by atoms with E-state index < -0.39 is 21.4 Å². The second kappa shape index (κ2) is 9.60. The molecule has 9 heteroatoms. The second-order valence-electron chi connectivity index (χ2n) is 8.61. The summed E-state index contributed by atoms with van der Waals surface area (Å²) in [4.78, 5) is 30.4. The lowest BCUT2D eigenvalue weighted by Crippen LogP contribution is -2.23. The Kier molecular flexibility index (Phi) is 6.77. The number of carbonyl (C=O) groups is 1. The first-order valence-corrected chi connectivity index (χ1v) is 12.8. The number of aromatic nitrogens is 2. The van der Waals surface area contributed by atoms with Crippen LogP contribution in [0.25, 0.3) is 11.4 Å². The molecule has 180 valence electrons. The molecule has 2 aromatic heterocycles. The van der Waals surface area contributed by atoms with Crippen LogP contribution in [0.15, 0.2) is 57.1 Å². The summed E-state index contributed by atoms with van der Waals surface area (Å²) in [7, 11) is 0.00990. The molecule has 4 rings (SSSR count). The fourth-order valence-corrected chi connectivity index (χ4v) is 5.76. The van der Waals surface area contributed by atoms with E-state index in [0.29, 0.717) is 30.8 Å². The van der Waals surface area contributed by atoms with Gasteiger partial charge in [-0.1, -0.05) is 18.2 Å². The predicted molar refractivity (Wildman–Crippen MR) is 129 cm³/mol. The van der Waals surface area contributed by atoms with E-state index in [1.54, 1.807) is 25.1 Å². The van der Waals surface area contributed by atoms with E-state index in [-0.39, 0.29) is 16.4 Å². The van der Waals surface area contributed by atoms with Crippen LogP contribution in [0.1, 0.15) is 35.0 Å². The predicted octanol–water partition coefficient (Wildman–Crippen LogP) is 2.90. The average Bonchev–Trinajstić information content (AvgIpc) is 3.18. The van der Waals surface area contributed by atoms with Crippen molar-refractivity contribution < 1.29 is 17.9 Å². The van der Waals surface area contributed by atoms with Crippen LogP contribution in [0.2, 0.25) is 0 Å². The van der Waals surface area contributed by atoms with Gasteiger partial charge in [-0.05, 0) is 82.2 Å². The maximum atomic E-state index is 13.1. The van der Waals surface area contributed by atoms with Crippen molar-refractivity contribution in [3.05, 3.63) is 69.6 Å². The van der Waals surface area contributed by atoms with Crippen molar-refractivity contribution in [1.82, 2.24) is 14.5 Å². The number of pyridine rings is 1. The van der Waals surface area contributed by atoms with Gasteiger partial charge >= 0.3 is 5.97 Å². The zero-order valence-corrected chi connectivity index (χ0v) is 20.4. The van der Waals surface area contributed by atoms with Gasteiger partial charge in [-0.3, -0.25) is 4.79 Å². The number of fused-ring (bicyclic) bond motifs is 3. The molecule has 8 nitrogen and oxygen atoms in total. The maximum Gasteiger partial charge on any atom is 0.354 e. The van der Waals surface area contributed by atoms with Crippen molar-refractivity contribution in [2.75, 3.05) is 27.2 Å². The Labute approximate surface area is 199 Å². The van der Waals surface area contributed by atoms with E-state index in [1.165, 1.54) is 18.2 Å². The molecule has 0 saturated carbocycles. The molecule has 0 amide bonds. The zero-order chi connectivity index (χ0) is 24.5. The van der Waals surface area contributed by atoms with Gasteiger partial charge in [0, 0.05) is 6.54 Å². The average molecular weight is 484 g/mol. The maximum absolute atomic E-state index is 13.1. The van der Waals surface area contributed by atoms with Crippen LogP contribution in [0.4, 0.5) is 0 Å². The monoisotopic (exact) mass is 483 g/mol. The van der Waals surface area contributed by atoms with Crippen LogP contribution in [-0.2, 0) is 34.0 Å². The van der Waals surface area contributed by atoms with Gasteiger partial charge in [-0.25, -0.2) is 13.2 Å². The normalized spacial score (nSPS) is 12.9. The molecule has 0 spiro atoms. The number of esters is 1. The number of hydrogen-bond acceptors (Lipinski definition) is 6. The number of sulfone groups is 1. The number of carbonyl (C=O) groups excluding carboxylic acids is 1. The lowest BCUT2D eigenvalue weighted by Gasteiger charge is -2.21. The van der Waals surface area contributed by atoms with Crippen molar-refractivity contribution in [2.24, 2.45) is 0 Å². The summed E-state index contributed by atoms with van der Waals surface area (Å²) in [5.41, 5.74) is 2.77. The molecule has 3 aromatic rings. The van der Waals surface area contributed by atoms with Crippen molar-refractivity contribution in [3.63, 3.8) is 0 Å². The third-order valence-corrected chi connectivity index (χ3v) is 7.75. The highest BCUT2D eigenvalue weighted by atomic mass is 32.2. The quantitative estimate of drug-likeness (QED) is 0.495. The number of H-pyrrole nitrogens is 1. The van der Waals surface area contributed by atoms with Crippen molar-refractivity contribution in [2.45, 2.75) is 42.5 Å². The van der Waals surface area contributed by atoms with Gasteiger partial charge in [-0.15, -0.1) is 0 Å². The number of benzene rings is 1. The summed E-state index contributed by atoms with van der Waals surface area (Å²) in [6, 6.07) is 11.3. The third kappa shape index (κ3) is 4.45. The molecule has 2 heterocycles. The summed E-state index contributed by atoms with van der Waals surface area (Å²) in [6.45, 7) is 3.42. The van der Waals surface area contributed by atoms with Gasteiger partial charge in [0.15, 0.2) is 0 Å². The molecule has 0 fully saturated rings. The highest BCUT2D eigenvalue weighted by Gasteiger charge is 2.30. The van der Waals surface area contributed by atoms with Gasteiger partial charge in [0.05, 0.1) is 22.9 Å². The van der Waals surface area contributed by atoms with Gasteiger partial charge in [0.1, 0.15) is 10.6 Å². The Morgan fingerprint density at radius 2 is 1.82 bits per heavy atom. The first kappa shape index (κ1) is 24.0. The Hall–Kier alpha value is -3.17. The minimum Gasteiger partial charge on any atom is -0.461 e. The highest BCUT2D eigenvalue weighted by molar-refractivity contribution is 7.91. The lowest BCUT2D eigenvalue weighted by atomic mass is 9.94. The summed E-state index contributed by atoms with van der Waals surface area (Å²) in [5, 5.41) is 0. The first-order chi connectivity index (χ1) is 16.2. The van der Waals surface area contributed by atoms with E-state index in [2.05, 4.69) is 9.88 Å². The molecule has 1 N–H and O–H groups in total. The molecule has 0 bridgehead atoms. The van der Waals surface area contributed by atoms with Gasteiger partial charge in [0.2, 0.25) is 9.84 Å². The van der Waals surface area contributed by atoms with Crippen molar-refractivity contribution >= 4 is 15.8 Å². The summed E-state index contributed by atoms with van der Waals surface area (Å²) < 4.78 is 33.4. The Morgan fingerprint density at radius 1 is 1.12 bits per heavy atom. The summed E-state index contributed by atoms with van der Waals surface area (Å²) >= 11 is 0. The first-order valence-electron chi connectivity index (χ1n) is 11.3. The van der Waals surface area contributed by atoms with Crippen LogP contribution >= 0.6 is 0 Å². The van der Waals surface area contributed by atoms with Crippen LogP contribution in [-0.4, -0.2) is 56.1 Å². The van der Waals surface area contributed by atoms with Gasteiger partial charge in [0.25, 0.3) is 5.56 Å². The van der Waals surface area contributed by atoms with Crippen molar-refractivity contribution in [1.29, 1.82) is 0 Å². The molecule has 1 aliphatic rings. The zero-order valence-electron chi connectivity index (χ0n) is 19.6. The number of nitrogens with zero attached hydrogens (tertiary/aromatic N) is 2. The lowest BCUT2D eigenvalue weighted by molar-refractivity contribution is 0.0513. The SMILES string of the molecule is CCOC(=O)c1cc2c(n1CCCN(C)C)-c1[nH]c(=O)c(S(=O)(=O)c3ccccc3)cc1CC2. The number of hydrogen-bond donors (Lipinski definition) is 1. The summed E-state index contributed by atoms with van der Waals surface area (Å²) in [5.74, 6) is -0.408. The molecular weight excluding hydrogens is 454 g/mol. The fraction of sp³-hybridized carbons (Fsp3) is 0.360. The Bertz CT molecular complexity index is 1370. The smallest absolute Gasteiger partial charge is 0.354 e. The molecule has 0 radical (unpaired) electrons. The molecule has 0 saturated heterocycles. The van der Waals surface area contributed by atoms with E-state index in [4.69, 9.17) is 4.74 Å². The topological polar surface area (TPSA) is 101 Å². The number of aromatic amines is 1. The standard InChI is InChI=1S/C25H29N3O5S/c1-4-33-25(30)20-15-18-12-11-17-16-21(34(31,32)19-9-6-5-7-10-19)24(29)26-22(17)23(18)28(20)14-8-13-27(2)3/h5-7,9-10,15-16H,4,8,11-14H2,1-3H3,(H,26,29). The largest absolute Gasteiger partial charge is 0.461 e. The summed E-state index contributed by atoms with van der Waals surface area (Å²) in [6.07, 6.45) is 1.98. The van der Waals surface area contributed by atoms with Crippen LogP contribution < -0.4 is 5.56 Å². The third-order valence-electron chi connectivity index (χ3n) is 5.98. The van der Waals surface area contributed by atoms with Crippen LogP contribution in [0.3, 0.4) is 0 Å². The molecule has 0 atom stereocenters. The molecule has 0 aliphatic heterocycles. The fourth-order valence-electron chi connectivity index (χ4n) is 4.40. The van der Waals surface area contributed by atoms with Crippen LogP contribution in [0.5, 0.6) is 0 Å². The second-order valence-corrected chi connectivity index (χ2v) is 10.5. The number of ether oxygens (including phenoxy) is 1.